The van der Waals surface area contributed by atoms with E-state index in [1.54, 1.807) is 0 Å². The second-order valence-electron chi connectivity index (χ2n) is 6.80. The number of hydrogen-bond acceptors (Lipinski definition) is 2. The van der Waals surface area contributed by atoms with E-state index in [4.69, 9.17) is 0 Å². The summed E-state index contributed by atoms with van der Waals surface area (Å²) in [6.07, 6.45) is 4.14. The van der Waals surface area contributed by atoms with Gasteiger partial charge in [-0.05, 0) is 66.6 Å². The van der Waals surface area contributed by atoms with E-state index in [2.05, 4.69) is 12.2 Å². The summed E-state index contributed by atoms with van der Waals surface area (Å²) in [6, 6.07) is 11.9. The van der Waals surface area contributed by atoms with Crippen LogP contribution >= 0.6 is 0 Å². The molecule has 2 aliphatic rings. The quantitative estimate of drug-likeness (QED) is 0.930. The molecule has 2 heterocycles. The SMILES string of the molecule is CCc1ccc(NC(=O)c2cc3c4c(c2)CCC(=O)N4CCC3)cc1. The van der Waals surface area contributed by atoms with Crippen LogP contribution < -0.4 is 10.2 Å². The van der Waals surface area contributed by atoms with E-state index < -0.39 is 0 Å². The first-order valence-corrected chi connectivity index (χ1v) is 9.02. The molecule has 2 aromatic rings. The monoisotopic (exact) mass is 334 g/mol. The van der Waals surface area contributed by atoms with Crippen molar-refractivity contribution >= 4 is 23.2 Å². The van der Waals surface area contributed by atoms with Gasteiger partial charge in [0.15, 0.2) is 0 Å². The smallest absolute Gasteiger partial charge is 0.255 e. The molecule has 0 atom stereocenters. The van der Waals surface area contributed by atoms with Crippen LogP contribution in [0.4, 0.5) is 11.4 Å². The Bertz CT molecular complexity index is 822. The van der Waals surface area contributed by atoms with Gasteiger partial charge in [0, 0.05) is 24.2 Å². The van der Waals surface area contributed by atoms with Crippen LogP contribution in [-0.2, 0) is 24.1 Å². The maximum absolute atomic E-state index is 12.7. The lowest BCUT2D eigenvalue weighted by Gasteiger charge is -2.35. The Morgan fingerprint density at radius 2 is 1.80 bits per heavy atom. The number of anilines is 2. The number of benzene rings is 2. The molecule has 0 unspecified atom stereocenters. The second-order valence-corrected chi connectivity index (χ2v) is 6.80. The Balaban J connectivity index is 1.62. The first kappa shape index (κ1) is 15.9. The van der Waals surface area contributed by atoms with Gasteiger partial charge in [0.2, 0.25) is 5.91 Å². The van der Waals surface area contributed by atoms with Gasteiger partial charge in [-0.25, -0.2) is 0 Å². The molecule has 0 saturated carbocycles. The molecule has 2 aromatic carbocycles. The molecule has 128 valence electrons. The zero-order valence-corrected chi connectivity index (χ0v) is 14.5. The lowest BCUT2D eigenvalue weighted by molar-refractivity contribution is -0.119. The molecule has 0 spiro atoms. The molecule has 0 saturated heterocycles. The van der Waals surface area contributed by atoms with Crippen molar-refractivity contribution in [1.82, 2.24) is 0 Å². The highest BCUT2D eigenvalue weighted by Crippen LogP contribution is 2.36. The average molecular weight is 334 g/mol. The third-order valence-corrected chi connectivity index (χ3v) is 5.16. The Hall–Kier alpha value is -2.62. The van der Waals surface area contributed by atoms with Gasteiger partial charge in [-0.2, -0.15) is 0 Å². The summed E-state index contributed by atoms with van der Waals surface area (Å²) in [7, 11) is 0. The van der Waals surface area contributed by atoms with Crippen LogP contribution in [0, 0.1) is 0 Å². The summed E-state index contributed by atoms with van der Waals surface area (Å²) in [5, 5.41) is 2.99. The zero-order chi connectivity index (χ0) is 17.4. The Kier molecular flexibility index (Phi) is 4.04. The number of carbonyl (C=O) groups excluding carboxylic acids is 2. The van der Waals surface area contributed by atoms with Crippen LogP contribution in [0.15, 0.2) is 36.4 Å². The Morgan fingerprint density at radius 1 is 1.08 bits per heavy atom. The summed E-state index contributed by atoms with van der Waals surface area (Å²) in [6.45, 7) is 2.91. The van der Waals surface area contributed by atoms with Crippen LogP contribution in [0.25, 0.3) is 0 Å². The minimum Gasteiger partial charge on any atom is -0.322 e. The fraction of sp³-hybridized carbons (Fsp3) is 0.333. The number of carbonyl (C=O) groups is 2. The van der Waals surface area contributed by atoms with Crippen LogP contribution in [0.3, 0.4) is 0 Å². The fourth-order valence-corrected chi connectivity index (χ4v) is 3.81. The molecule has 1 N–H and O–H groups in total. The molecule has 0 bridgehead atoms. The molecule has 4 rings (SSSR count). The molecule has 2 aliphatic heterocycles. The van der Waals surface area contributed by atoms with E-state index >= 15 is 0 Å². The second kappa shape index (κ2) is 6.36. The van der Waals surface area contributed by atoms with Gasteiger partial charge in [0.05, 0.1) is 5.69 Å². The van der Waals surface area contributed by atoms with Gasteiger partial charge in [-0.15, -0.1) is 0 Å². The van der Waals surface area contributed by atoms with Gasteiger partial charge in [0.25, 0.3) is 5.91 Å². The third-order valence-electron chi connectivity index (χ3n) is 5.16. The summed E-state index contributed by atoms with van der Waals surface area (Å²) in [5.41, 5.74) is 6.06. The van der Waals surface area contributed by atoms with Crippen molar-refractivity contribution < 1.29 is 9.59 Å². The zero-order valence-electron chi connectivity index (χ0n) is 14.5. The van der Waals surface area contributed by atoms with Crippen molar-refractivity contribution in [3.63, 3.8) is 0 Å². The van der Waals surface area contributed by atoms with Crippen LogP contribution in [0.5, 0.6) is 0 Å². The number of aryl methyl sites for hydroxylation is 3. The molecule has 2 amide bonds. The molecule has 0 fully saturated rings. The normalized spacial score (nSPS) is 15.7. The van der Waals surface area contributed by atoms with E-state index in [1.807, 2.05) is 41.3 Å². The molecular formula is C21H22N2O2. The standard InChI is InChI=1S/C21H22N2O2/c1-2-14-5-8-18(9-6-14)22-21(25)17-12-15-4-3-11-23-19(24)10-7-16(13-17)20(15)23/h5-6,8-9,12-13H,2-4,7,10-11H2,1H3,(H,22,25). The van der Waals surface area contributed by atoms with E-state index in [0.717, 1.165) is 54.7 Å². The van der Waals surface area contributed by atoms with Crippen molar-refractivity contribution in [2.24, 2.45) is 0 Å². The van der Waals surface area contributed by atoms with Gasteiger partial charge >= 0.3 is 0 Å². The topological polar surface area (TPSA) is 49.4 Å². The van der Waals surface area contributed by atoms with Crippen LogP contribution in [0.2, 0.25) is 0 Å². The van der Waals surface area contributed by atoms with E-state index in [0.29, 0.717) is 12.0 Å². The van der Waals surface area contributed by atoms with Crippen LogP contribution in [0.1, 0.15) is 46.8 Å². The van der Waals surface area contributed by atoms with Crippen molar-refractivity contribution in [3.8, 4) is 0 Å². The Morgan fingerprint density at radius 3 is 2.52 bits per heavy atom. The molecule has 4 nitrogen and oxygen atoms in total. The number of nitrogens with one attached hydrogen (secondary N) is 1. The highest BCUT2D eigenvalue weighted by molar-refractivity contribution is 6.06. The van der Waals surface area contributed by atoms with E-state index in [1.165, 1.54) is 5.56 Å². The van der Waals surface area contributed by atoms with Gasteiger partial charge in [0.1, 0.15) is 0 Å². The molecule has 0 aromatic heterocycles. The molecule has 0 radical (unpaired) electrons. The lowest BCUT2D eigenvalue weighted by atomic mass is 9.89. The fourth-order valence-electron chi connectivity index (χ4n) is 3.81. The lowest BCUT2D eigenvalue weighted by Crippen LogP contribution is -2.39. The number of hydrogen-bond donors (Lipinski definition) is 1. The van der Waals surface area contributed by atoms with E-state index in [9.17, 15) is 9.59 Å². The van der Waals surface area contributed by atoms with Crippen molar-refractivity contribution in [1.29, 1.82) is 0 Å². The largest absolute Gasteiger partial charge is 0.322 e. The third kappa shape index (κ3) is 2.93. The van der Waals surface area contributed by atoms with Gasteiger partial charge in [-0.1, -0.05) is 19.1 Å². The average Bonchev–Trinajstić information content (AvgIpc) is 2.65. The minimum atomic E-state index is -0.0858. The number of amides is 2. The first-order valence-electron chi connectivity index (χ1n) is 9.02. The predicted octanol–water partition coefficient (Wildman–Crippen LogP) is 3.73. The first-order chi connectivity index (χ1) is 12.2. The molecular weight excluding hydrogens is 312 g/mol. The summed E-state index contributed by atoms with van der Waals surface area (Å²) >= 11 is 0. The number of rotatable bonds is 3. The Labute approximate surface area is 147 Å². The van der Waals surface area contributed by atoms with Crippen LogP contribution in [-0.4, -0.2) is 18.4 Å². The minimum absolute atomic E-state index is 0.0858. The molecule has 0 aliphatic carbocycles. The summed E-state index contributed by atoms with van der Waals surface area (Å²) < 4.78 is 0. The van der Waals surface area contributed by atoms with Crippen molar-refractivity contribution in [2.45, 2.75) is 39.0 Å². The van der Waals surface area contributed by atoms with Crippen molar-refractivity contribution in [2.75, 3.05) is 16.8 Å². The maximum atomic E-state index is 12.7. The van der Waals surface area contributed by atoms with Gasteiger partial charge in [-0.3, -0.25) is 9.59 Å². The molecule has 4 heteroatoms. The highest BCUT2D eigenvalue weighted by Gasteiger charge is 2.30. The summed E-state index contributed by atoms with van der Waals surface area (Å²) in [5.74, 6) is 0.124. The highest BCUT2D eigenvalue weighted by atomic mass is 16.2. The maximum Gasteiger partial charge on any atom is 0.255 e. The summed E-state index contributed by atoms with van der Waals surface area (Å²) in [4.78, 5) is 26.7. The van der Waals surface area contributed by atoms with Crippen molar-refractivity contribution in [3.05, 3.63) is 58.7 Å². The number of nitrogens with zero attached hydrogens (tertiary/aromatic N) is 1. The van der Waals surface area contributed by atoms with Gasteiger partial charge < -0.3 is 10.2 Å². The molecule has 25 heavy (non-hydrogen) atoms. The van der Waals surface area contributed by atoms with E-state index in [-0.39, 0.29) is 11.8 Å². The predicted molar refractivity (Wildman–Crippen MR) is 99.2 cm³/mol.